The first-order chi connectivity index (χ1) is 15.0. The van der Waals surface area contributed by atoms with Crippen LogP contribution in [0.5, 0.6) is 5.75 Å². The number of hydrogen-bond donors (Lipinski definition) is 0. The Morgan fingerprint density at radius 1 is 1.16 bits per heavy atom. The molecule has 0 N–H and O–H groups in total. The topological polar surface area (TPSA) is 60.9 Å². The molecule has 0 atom stereocenters. The molecule has 31 heavy (non-hydrogen) atoms. The molecule has 3 rings (SSSR count). The number of fused-ring (bicyclic) bond motifs is 1. The van der Waals surface area contributed by atoms with E-state index in [-0.39, 0.29) is 18.2 Å². The normalized spacial score (nSPS) is 18.7. The molecule has 0 unspecified atom stereocenters. The Labute approximate surface area is 185 Å². The number of pyridine rings is 1. The van der Waals surface area contributed by atoms with E-state index in [1.165, 1.54) is 0 Å². The van der Waals surface area contributed by atoms with E-state index < -0.39 is 0 Å². The van der Waals surface area contributed by atoms with E-state index in [1.807, 2.05) is 32.2 Å². The highest BCUT2D eigenvalue weighted by Gasteiger charge is 2.28. The molecule has 0 saturated heterocycles. The third-order valence-corrected chi connectivity index (χ3v) is 6.12. The number of rotatable bonds is 9. The number of carbonyl (C=O) groups is 1. The molecule has 0 bridgehead atoms. The van der Waals surface area contributed by atoms with Gasteiger partial charge < -0.3 is 19.1 Å². The van der Waals surface area contributed by atoms with Gasteiger partial charge in [0.1, 0.15) is 5.75 Å². The summed E-state index contributed by atoms with van der Waals surface area (Å²) < 4.78 is 17.5. The van der Waals surface area contributed by atoms with Crippen molar-refractivity contribution in [1.82, 2.24) is 9.88 Å². The summed E-state index contributed by atoms with van der Waals surface area (Å²) in [6, 6.07) is 8.35. The van der Waals surface area contributed by atoms with E-state index in [0.717, 1.165) is 66.4 Å². The van der Waals surface area contributed by atoms with Crippen molar-refractivity contribution in [3.63, 3.8) is 0 Å². The zero-order valence-corrected chi connectivity index (χ0v) is 19.4. The van der Waals surface area contributed by atoms with Crippen LogP contribution in [0.25, 0.3) is 10.9 Å². The lowest BCUT2D eigenvalue weighted by molar-refractivity contribution is -0.00145. The maximum Gasteiger partial charge on any atom is 0.409 e. The monoisotopic (exact) mass is 428 g/mol. The average molecular weight is 429 g/mol. The largest absolute Gasteiger partial charge is 0.493 e. The van der Waals surface area contributed by atoms with Gasteiger partial charge in [0.15, 0.2) is 0 Å². The van der Waals surface area contributed by atoms with Crippen LogP contribution in [0.3, 0.4) is 0 Å². The lowest BCUT2D eigenvalue weighted by Crippen LogP contribution is -2.41. The lowest BCUT2D eigenvalue weighted by Gasteiger charge is -2.34. The first kappa shape index (κ1) is 23.3. The molecule has 6 heteroatoms. The van der Waals surface area contributed by atoms with Gasteiger partial charge in [0.05, 0.1) is 37.1 Å². The van der Waals surface area contributed by atoms with Crippen LogP contribution in [0, 0.1) is 6.92 Å². The van der Waals surface area contributed by atoms with E-state index in [1.54, 1.807) is 4.90 Å². The predicted molar refractivity (Wildman–Crippen MR) is 123 cm³/mol. The number of amides is 1. The highest BCUT2D eigenvalue weighted by atomic mass is 16.6. The second-order valence-electron chi connectivity index (χ2n) is 8.28. The van der Waals surface area contributed by atoms with Gasteiger partial charge in [0.25, 0.3) is 0 Å². The summed E-state index contributed by atoms with van der Waals surface area (Å²) in [6.45, 7) is 7.67. The van der Waals surface area contributed by atoms with Crippen molar-refractivity contribution in [2.75, 3.05) is 20.3 Å². The first-order valence-electron chi connectivity index (χ1n) is 11.6. The van der Waals surface area contributed by atoms with Crippen molar-refractivity contribution in [3.05, 3.63) is 35.5 Å². The molecule has 1 aromatic heterocycles. The molecular formula is C25H36N2O4. The van der Waals surface area contributed by atoms with Crippen LogP contribution in [0.15, 0.2) is 24.3 Å². The Bertz CT molecular complexity index is 862. The van der Waals surface area contributed by atoms with E-state index in [4.69, 9.17) is 19.2 Å². The van der Waals surface area contributed by atoms with Crippen LogP contribution in [0.4, 0.5) is 4.79 Å². The van der Waals surface area contributed by atoms with Crippen LogP contribution in [-0.2, 0) is 16.1 Å². The minimum Gasteiger partial charge on any atom is -0.493 e. The molecule has 2 aromatic rings. The minimum atomic E-state index is -0.238. The van der Waals surface area contributed by atoms with Gasteiger partial charge in [-0.1, -0.05) is 25.5 Å². The molecule has 1 heterocycles. The fraction of sp³-hybridized carbons (Fsp3) is 0.600. The summed E-state index contributed by atoms with van der Waals surface area (Å²) in [4.78, 5) is 18.5. The number of benzene rings is 1. The molecule has 1 aromatic carbocycles. The molecular weight excluding hydrogens is 392 g/mol. The summed E-state index contributed by atoms with van der Waals surface area (Å²) in [5.41, 5.74) is 2.94. The molecule has 0 aliphatic heterocycles. The Kier molecular flexibility index (Phi) is 8.52. The number of aromatic nitrogens is 1. The van der Waals surface area contributed by atoms with E-state index in [2.05, 4.69) is 19.9 Å². The Balaban J connectivity index is 1.62. The molecule has 0 spiro atoms. The maximum absolute atomic E-state index is 12.0. The zero-order chi connectivity index (χ0) is 22.2. The quantitative estimate of drug-likeness (QED) is 0.484. The first-order valence-corrected chi connectivity index (χ1v) is 11.6. The highest BCUT2D eigenvalue weighted by Crippen LogP contribution is 2.32. The standard InChI is InChI=1S/C25H36N2O4/c1-5-7-16-30-24-18(3)23(26-22-11-9-8-10-21(22)24)17-31-20-14-12-19(13-15-20)27(4)25(28)29-6-2/h8-11,19-20H,5-7,12-17H2,1-4H3/t19-,20-. The zero-order valence-electron chi connectivity index (χ0n) is 19.4. The van der Waals surface area contributed by atoms with Gasteiger partial charge in [0, 0.05) is 24.0 Å². The molecule has 0 radical (unpaired) electrons. The predicted octanol–water partition coefficient (Wildman–Crippen LogP) is 5.64. The second-order valence-corrected chi connectivity index (χ2v) is 8.28. The summed E-state index contributed by atoms with van der Waals surface area (Å²) in [5.74, 6) is 0.928. The van der Waals surface area contributed by atoms with Gasteiger partial charge in [-0.15, -0.1) is 0 Å². The van der Waals surface area contributed by atoms with Crippen molar-refractivity contribution in [2.24, 2.45) is 0 Å². The number of ether oxygens (including phenoxy) is 3. The smallest absolute Gasteiger partial charge is 0.409 e. The molecule has 1 amide bonds. The van der Waals surface area contributed by atoms with Crippen LogP contribution < -0.4 is 4.74 Å². The molecule has 1 aliphatic rings. The molecule has 6 nitrogen and oxygen atoms in total. The van der Waals surface area contributed by atoms with Crippen molar-refractivity contribution < 1.29 is 19.0 Å². The van der Waals surface area contributed by atoms with E-state index in [9.17, 15) is 4.79 Å². The van der Waals surface area contributed by atoms with Crippen LogP contribution in [-0.4, -0.2) is 48.4 Å². The number of nitrogens with zero attached hydrogens (tertiary/aromatic N) is 2. The second kappa shape index (κ2) is 11.3. The molecule has 170 valence electrons. The van der Waals surface area contributed by atoms with Crippen molar-refractivity contribution in [2.45, 2.75) is 78.0 Å². The molecule has 1 fully saturated rings. The van der Waals surface area contributed by atoms with Gasteiger partial charge in [0.2, 0.25) is 0 Å². The van der Waals surface area contributed by atoms with Gasteiger partial charge in [-0.3, -0.25) is 0 Å². The van der Waals surface area contributed by atoms with E-state index in [0.29, 0.717) is 19.8 Å². The fourth-order valence-electron chi connectivity index (χ4n) is 4.14. The Morgan fingerprint density at radius 3 is 2.61 bits per heavy atom. The third kappa shape index (κ3) is 5.88. The van der Waals surface area contributed by atoms with Crippen molar-refractivity contribution >= 4 is 17.0 Å². The minimum absolute atomic E-state index is 0.184. The Hall–Kier alpha value is -2.34. The van der Waals surface area contributed by atoms with Gasteiger partial charge >= 0.3 is 6.09 Å². The third-order valence-electron chi connectivity index (χ3n) is 6.12. The Morgan fingerprint density at radius 2 is 1.90 bits per heavy atom. The fourth-order valence-corrected chi connectivity index (χ4v) is 4.14. The van der Waals surface area contributed by atoms with Crippen LogP contribution in [0.2, 0.25) is 0 Å². The summed E-state index contributed by atoms with van der Waals surface area (Å²) >= 11 is 0. The highest BCUT2D eigenvalue weighted by molar-refractivity contribution is 5.86. The van der Waals surface area contributed by atoms with Crippen LogP contribution in [0.1, 0.15) is 63.6 Å². The average Bonchev–Trinajstić information content (AvgIpc) is 2.79. The molecule has 1 aliphatic carbocycles. The SMILES string of the molecule is CCCCOc1c(C)c(CO[C@H]2CC[C@H](N(C)C(=O)OCC)CC2)nc2ccccc12. The number of unbranched alkanes of at least 4 members (excludes halogenated alkanes) is 1. The van der Waals surface area contributed by atoms with Gasteiger partial charge in [-0.05, 0) is 58.1 Å². The van der Waals surface area contributed by atoms with Gasteiger partial charge in [-0.2, -0.15) is 0 Å². The number of para-hydroxylation sites is 1. The van der Waals surface area contributed by atoms with Gasteiger partial charge in [-0.25, -0.2) is 9.78 Å². The van der Waals surface area contributed by atoms with Crippen molar-refractivity contribution in [3.8, 4) is 5.75 Å². The lowest BCUT2D eigenvalue weighted by atomic mass is 9.92. The summed E-state index contributed by atoms with van der Waals surface area (Å²) in [7, 11) is 1.83. The summed E-state index contributed by atoms with van der Waals surface area (Å²) in [5, 5.41) is 1.06. The number of hydrogen-bond acceptors (Lipinski definition) is 5. The number of carbonyl (C=O) groups excluding carboxylic acids is 1. The van der Waals surface area contributed by atoms with E-state index >= 15 is 0 Å². The van der Waals surface area contributed by atoms with Crippen molar-refractivity contribution in [1.29, 1.82) is 0 Å². The molecule has 1 saturated carbocycles. The van der Waals surface area contributed by atoms with Crippen LogP contribution >= 0.6 is 0 Å². The maximum atomic E-state index is 12.0. The summed E-state index contributed by atoms with van der Waals surface area (Å²) in [6.07, 6.45) is 5.80.